The van der Waals surface area contributed by atoms with Gasteiger partial charge in [0.1, 0.15) is 0 Å². The molecule has 132 valence electrons. The van der Waals surface area contributed by atoms with E-state index in [1.54, 1.807) is 6.92 Å². The fraction of sp³-hybridized carbons (Fsp3) is 0.579. The van der Waals surface area contributed by atoms with E-state index < -0.39 is 0 Å². The molecular weight excluding hydrogens is 368 g/mol. The first-order chi connectivity index (χ1) is 11.6. The molecule has 4 nitrogen and oxygen atoms in total. The number of hydrogen-bond acceptors (Lipinski definition) is 2. The lowest BCUT2D eigenvalue weighted by Gasteiger charge is -2.30. The van der Waals surface area contributed by atoms with Gasteiger partial charge in [0.2, 0.25) is 11.8 Å². The number of hydrogen-bond donors (Lipinski definition) is 1. The number of rotatable bonds is 6. The maximum Gasteiger partial charge on any atom is 0.224 e. The minimum absolute atomic E-state index is 0.00234. The van der Waals surface area contributed by atoms with E-state index in [2.05, 4.69) is 21.2 Å². The maximum atomic E-state index is 12.1. The third-order valence-electron chi connectivity index (χ3n) is 4.60. The molecule has 1 N–H and O–H groups in total. The van der Waals surface area contributed by atoms with Crippen LogP contribution in [0.25, 0.3) is 0 Å². The number of amides is 2. The van der Waals surface area contributed by atoms with E-state index in [4.69, 9.17) is 0 Å². The Hall–Kier alpha value is -1.36. The molecule has 1 aliphatic rings. The van der Waals surface area contributed by atoms with Gasteiger partial charge in [-0.25, -0.2) is 0 Å². The molecule has 0 bridgehead atoms. The summed E-state index contributed by atoms with van der Waals surface area (Å²) in [4.78, 5) is 26.0. The summed E-state index contributed by atoms with van der Waals surface area (Å²) in [6, 6.07) is 8.10. The smallest absolute Gasteiger partial charge is 0.224 e. The highest BCUT2D eigenvalue weighted by Gasteiger charge is 2.21. The lowest BCUT2D eigenvalue weighted by atomic mass is 10.1. The highest BCUT2D eigenvalue weighted by atomic mass is 79.9. The van der Waals surface area contributed by atoms with Crippen LogP contribution in [0.3, 0.4) is 0 Å². The van der Waals surface area contributed by atoms with Crippen molar-refractivity contribution < 1.29 is 9.59 Å². The zero-order valence-electron chi connectivity index (χ0n) is 14.4. The topological polar surface area (TPSA) is 49.4 Å². The molecule has 0 aliphatic heterocycles. The van der Waals surface area contributed by atoms with Gasteiger partial charge in [0.25, 0.3) is 0 Å². The normalized spacial score (nSPS) is 15.6. The molecule has 1 aliphatic carbocycles. The van der Waals surface area contributed by atoms with Crippen molar-refractivity contribution in [2.24, 2.45) is 0 Å². The van der Waals surface area contributed by atoms with Crippen molar-refractivity contribution in [2.75, 3.05) is 13.1 Å². The van der Waals surface area contributed by atoms with Gasteiger partial charge in [0.15, 0.2) is 0 Å². The van der Waals surface area contributed by atoms with E-state index in [1.807, 2.05) is 29.2 Å². The molecule has 2 rings (SSSR count). The van der Waals surface area contributed by atoms with Crippen LogP contribution in [0.15, 0.2) is 28.7 Å². The Morgan fingerprint density at radius 3 is 2.54 bits per heavy atom. The zero-order chi connectivity index (χ0) is 17.4. The van der Waals surface area contributed by atoms with Crippen LogP contribution < -0.4 is 5.32 Å². The summed E-state index contributed by atoms with van der Waals surface area (Å²) in [5.41, 5.74) is 0.981. The van der Waals surface area contributed by atoms with Crippen molar-refractivity contribution in [3.63, 3.8) is 0 Å². The predicted octanol–water partition coefficient (Wildman–Crippen LogP) is 3.68. The fourth-order valence-electron chi connectivity index (χ4n) is 3.38. The third kappa shape index (κ3) is 6.27. The second kappa shape index (κ2) is 9.82. The Bertz CT molecular complexity index is 554. The highest BCUT2D eigenvalue weighted by molar-refractivity contribution is 9.10. The van der Waals surface area contributed by atoms with Crippen LogP contribution in [0.2, 0.25) is 0 Å². The van der Waals surface area contributed by atoms with E-state index in [0.717, 1.165) is 22.9 Å². The van der Waals surface area contributed by atoms with Gasteiger partial charge in [0.05, 0.1) is 6.42 Å². The number of halogens is 1. The van der Waals surface area contributed by atoms with Gasteiger partial charge >= 0.3 is 0 Å². The van der Waals surface area contributed by atoms with Gasteiger partial charge in [-0.3, -0.25) is 9.59 Å². The first-order valence-electron chi connectivity index (χ1n) is 8.84. The summed E-state index contributed by atoms with van der Waals surface area (Å²) in [5.74, 6) is 0.112. The first-order valence-corrected chi connectivity index (χ1v) is 9.64. The summed E-state index contributed by atoms with van der Waals surface area (Å²) in [7, 11) is 0. The molecular formula is C19H27BrN2O2. The van der Waals surface area contributed by atoms with Gasteiger partial charge in [0, 0.05) is 30.5 Å². The minimum atomic E-state index is -0.00234. The van der Waals surface area contributed by atoms with Crippen LogP contribution >= 0.6 is 15.9 Å². The van der Waals surface area contributed by atoms with Crippen LogP contribution in [0.1, 0.15) is 51.0 Å². The van der Waals surface area contributed by atoms with Crippen molar-refractivity contribution in [3.05, 3.63) is 34.3 Å². The van der Waals surface area contributed by atoms with E-state index in [-0.39, 0.29) is 11.8 Å². The highest BCUT2D eigenvalue weighted by Crippen LogP contribution is 2.21. The molecule has 0 heterocycles. The molecule has 5 heteroatoms. The molecule has 24 heavy (non-hydrogen) atoms. The summed E-state index contributed by atoms with van der Waals surface area (Å²) >= 11 is 3.41. The van der Waals surface area contributed by atoms with Crippen LogP contribution in [0.4, 0.5) is 0 Å². The Morgan fingerprint density at radius 2 is 1.92 bits per heavy atom. The number of nitrogens with one attached hydrogen (secondary N) is 1. The number of carbonyl (C=O) groups excluding carboxylic acids is 2. The average molecular weight is 395 g/mol. The zero-order valence-corrected chi connectivity index (χ0v) is 16.0. The van der Waals surface area contributed by atoms with Gasteiger partial charge in [-0.05, 0) is 30.5 Å². The molecule has 2 amide bonds. The van der Waals surface area contributed by atoms with Crippen LogP contribution in [0.5, 0.6) is 0 Å². The van der Waals surface area contributed by atoms with Gasteiger partial charge in [-0.2, -0.15) is 0 Å². The van der Waals surface area contributed by atoms with Crippen molar-refractivity contribution in [3.8, 4) is 0 Å². The second-order valence-corrected chi connectivity index (χ2v) is 7.43. The van der Waals surface area contributed by atoms with E-state index in [9.17, 15) is 9.59 Å². The molecule has 1 aromatic rings. The molecule has 0 saturated heterocycles. The van der Waals surface area contributed by atoms with Gasteiger partial charge < -0.3 is 10.2 Å². The molecule has 1 fully saturated rings. The van der Waals surface area contributed by atoms with Crippen molar-refractivity contribution in [1.29, 1.82) is 0 Å². The summed E-state index contributed by atoms with van der Waals surface area (Å²) in [5, 5.41) is 2.94. The summed E-state index contributed by atoms with van der Waals surface area (Å²) < 4.78 is 0.976. The van der Waals surface area contributed by atoms with Crippen molar-refractivity contribution in [1.82, 2.24) is 10.2 Å². The van der Waals surface area contributed by atoms with Crippen LogP contribution in [0, 0.1) is 0 Å². The fourth-order valence-corrected chi connectivity index (χ4v) is 3.82. The number of nitrogens with zero attached hydrogens (tertiary/aromatic N) is 1. The number of carbonyl (C=O) groups is 2. The SMILES string of the molecule is CC(=O)N(CCNC(=O)Cc1cccc(Br)c1)C1CCCCCC1. The predicted molar refractivity (Wildman–Crippen MR) is 99.7 cm³/mol. The molecule has 0 radical (unpaired) electrons. The standard InChI is InChI=1S/C19H27BrN2O2/c1-15(23)22(18-9-4-2-3-5-10-18)12-11-21-19(24)14-16-7-6-8-17(20)13-16/h6-8,13,18H,2-5,9-12,14H2,1H3,(H,21,24). The number of benzene rings is 1. The third-order valence-corrected chi connectivity index (χ3v) is 5.09. The van der Waals surface area contributed by atoms with Gasteiger partial charge in [-0.1, -0.05) is 53.7 Å². The summed E-state index contributed by atoms with van der Waals surface area (Å²) in [6.07, 6.45) is 7.48. The van der Waals surface area contributed by atoms with Crippen molar-refractivity contribution >= 4 is 27.7 Å². The lowest BCUT2D eigenvalue weighted by Crippen LogP contribution is -2.43. The Morgan fingerprint density at radius 1 is 1.21 bits per heavy atom. The quantitative estimate of drug-likeness (QED) is 0.748. The largest absolute Gasteiger partial charge is 0.354 e. The summed E-state index contributed by atoms with van der Waals surface area (Å²) in [6.45, 7) is 2.75. The Balaban J connectivity index is 1.79. The van der Waals surface area contributed by atoms with Crippen molar-refractivity contribution in [2.45, 2.75) is 57.9 Å². The average Bonchev–Trinajstić information content (AvgIpc) is 2.80. The molecule has 0 atom stereocenters. The van der Waals surface area contributed by atoms with Crippen LogP contribution in [-0.4, -0.2) is 35.8 Å². The molecule has 1 saturated carbocycles. The van der Waals surface area contributed by atoms with E-state index >= 15 is 0 Å². The maximum absolute atomic E-state index is 12.1. The minimum Gasteiger partial charge on any atom is -0.354 e. The van der Waals surface area contributed by atoms with Gasteiger partial charge in [-0.15, -0.1) is 0 Å². The molecule has 0 unspecified atom stereocenters. The molecule has 0 spiro atoms. The lowest BCUT2D eigenvalue weighted by molar-refractivity contribution is -0.132. The van der Waals surface area contributed by atoms with Crippen LogP contribution in [-0.2, 0) is 16.0 Å². The van der Waals surface area contributed by atoms with E-state index in [0.29, 0.717) is 25.6 Å². The monoisotopic (exact) mass is 394 g/mol. The Labute approximate surface area is 153 Å². The Kier molecular flexibility index (Phi) is 7.76. The molecule has 1 aromatic carbocycles. The first kappa shape index (κ1) is 19.0. The van der Waals surface area contributed by atoms with E-state index in [1.165, 1.54) is 25.7 Å². The molecule has 0 aromatic heterocycles. The second-order valence-electron chi connectivity index (χ2n) is 6.51.